The predicted octanol–water partition coefficient (Wildman–Crippen LogP) is 2.67. The van der Waals surface area contributed by atoms with Gasteiger partial charge in [0.25, 0.3) is 5.91 Å². The van der Waals surface area contributed by atoms with Crippen LogP contribution in [0.3, 0.4) is 0 Å². The van der Waals surface area contributed by atoms with Crippen molar-refractivity contribution < 1.29 is 9.53 Å². The summed E-state index contributed by atoms with van der Waals surface area (Å²) in [5.41, 5.74) is 0.568. The minimum absolute atomic E-state index is 0.0785. The Balaban J connectivity index is 2.76. The van der Waals surface area contributed by atoms with E-state index < -0.39 is 0 Å². The Hall–Kier alpha value is -0.770. The van der Waals surface area contributed by atoms with E-state index >= 15 is 0 Å². The molecule has 0 heterocycles. The molecule has 0 spiro atoms. The molecule has 94 valence electrons. The first kappa shape index (κ1) is 14.3. The number of hydrogen-bond acceptors (Lipinski definition) is 2. The van der Waals surface area contributed by atoms with Crippen LogP contribution >= 0.6 is 23.2 Å². The molecule has 0 unspecified atom stereocenters. The van der Waals surface area contributed by atoms with Gasteiger partial charge in [0.15, 0.2) is 0 Å². The Bertz CT molecular complexity index is 371. The molecule has 1 aromatic carbocycles. The number of benzene rings is 1. The van der Waals surface area contributed by atoms with Crippen LogP contribution < -0.4 is 0 Å². The molecule has 5 heteroatoms. The van der Waals surface area contributed by atoms with E-state index in [0.717, 1.165) is 0 Å². The van der Waals surface area contributed by atoms with E-state index in [9.17, 15) is 4.79 Å². The molecule has 0 fully saturated rings. The maximum Gasteiger partial charge on any atom is 0.254 e. The molecule has 0 atom stereocenters. The number of carbonyl (C=O) groups excluding carboxylic acids is 1. The number of hydrogen-bond donors (Lipinski definition) is 0. The van der Waals surface area contributed by atoms with E-state index in [1.807, 2.05) is 0 Å². The highest BCUT2D eigenvalue weighted by atomic mass is 35.5. The molecule has 0 aromatic heterocycles. The fraction of sp³-hybridized carbons (Fsp3) is 0.417. The zero-order chi connectivity index (χ0) is 12.7. The fourth-order valence-electron chi connectivity index (χ4n) is 1.42. The zero-order valence-corrected chi connectivity index (χ0v) is 11.2. The number of halogens is 2. The van der Waals surface area contributed by atoms with Crippen LogP contribution in [0.5, 0.6) is 0 Å². The topological polar surface area (TPSA) is 29.5 Å². The van der Waals surface area contributed by atoms with Gasteiger partial charge in [0.1, 0.15) is 0 Å². The summed E-state index contributed by atoms with van der Waals surface area (Å²) in [7, 11) is 1.60. The second-order valence-electron chi connectivity index (χ2n) is 3.48. The molecule has 1 aromatic rings. The van der Waals surface area contributed by atoms with Gasteiger partial charge in [-0.1, -0.05) is 17.7 Å². The summed E-state index contributed by atoms with van der Waals surface area (Å²) in [6, 6.07) is 6.88. The van der Waals surface area contributed by atoms with Crippen molar-refractivity contribution in [2.24, 2.45) is 0 Å². The summed E-state index contributed by atoms with van der Waals surface area (Å²) in [4.78, 5) is 13.8. The first-order chi connectivity index (χ1) is 8.19. The fourth-order valence-corrected chi connectivity index (χ4v) is 1.82. The Kier molecular flexibility index (Phi) is 6.34. The van der Waals surface area contributed by atoms with E-state index in [0.29, 0.717) is 36.2 Å². The summed E-state index contributed by atoms with van der Waals surface area (Å²) in [5.74, 6) is 0.320. The van der Waals surface area contributed by atoms with E-state index in [2.05, 4.69) is 0 Å². The lowest BCUT2D eigenvalue weighted by Crippen LogP contribution is -2.35. The largest absolute Gasteiger partial charge is 0.383 e. The summed E-state index contributed by atoms with van der Waals surface area (Å²) in [6.07, 6.45) is 0. The molecule has 0 N–H and O–H groups in total. The molecule has 0 radical (unpaired) electrons. The number of nitrogens with zero attached hydrogens (tertiary/aromatic N) is 1. The van der Waals surface area contributed by atoms with Gasteiger partial charge < -0.3 is 9.64 Å². The Labute approximate surface area is 111 Å². The van der Waals surface area contributed by atoms with Crippen molar-refractivity contribution in [2.75, 3.05) is 32.7 Å². The average molecular weight is 276 g/mol. The zero-order valence-electron chi connectivity index (χ0n) is 9.66. The summed E-state index contributed by atoms with van der Waals surface area (Å²) in [6.45, 7) is 1.51. The van der Waals surface area contributed by atoms with Gasteiger partial charge in [0, 0.05) is 36.7 Å². The van der Waals surface area contributed by atoms with Gasteiger partial charge in [-0.05, 0) is 18.2 Å². The molecule has 17 heavy (non-hydrogen) atoms. The summed E-state index contributed by atoms with van der Waals surface area (Å²) in [5, 5.41) is 0.549. The van der Waals surface area contributed by atoms with Crippen LogP contribution in [0, 0.1) is 0 Å². The molecule has 1 rings (SSSR count). The predicted molar refractivity (Wildman–Crippen MR) is 70.0 cm³/mol. The van der Waals surface area contributed by atoms with Crippen LogP contribution in [-0.2, 0) is 4.74 Å². The molecule has 0 saturated heterocycles. The normalized spacial score (nSPS) is 10.3. The Morgan fingerprint density at radius 2 is 2.18 bits per heavy atom. The molecular formula is C12H15Cl2NO2. The van der Waals surface area contributed by atoms with Crippen molar-refractivity contribution in [3.63, 3.8) is 0 Å². The van der Waals surface area contributed by atoms with Gasteiger partial charge in [-0.15, -0.1) is 11.6 Å². The van der Waals surface area contributed by atoms with Crippen molar-refractivity contribution in [3.8, 4) is 0 Å². The first-order valence-corrected chi connectivity index (χ1v) is 6.20. The van der Waals surface area contributed by atoms with Crippen molar-refractivity contribution in [2.45, 2.75) is 0 Å². The van der Waals surface area contributed by atoms with Crippen molar-refractivity contribution in [1.29, 1.82) is 0 Å². The van der Waals surface area contributed by atoms with E-state index in [1.54, 1.807) is 36.3 Å². The van der Waals surface area contributed by atoms with Gasteiger partial charge in [-0.25, -0.2) is 0 Å². The molecule has 0 saturated carbocycles. The third-order valence-corrected chi connectivity index (χ3v) is 2.68. The maximum atomic E-state index is 12.1. The monoisotopic (exact) mass is 275 g/mol. The van der Waals surface area contributed by atoms with Crippen LogP contribution in [-0.4, -0.2) is 43.5 Å². The number of alkyl halides is 1. The van der Waals surface area contributed by atoms with Crippen LogP contribution in [0.15, 0.2) is 24.3 Å². The minimum atomic E-state index is -0.0785. The lowest BCUT2D eigenvalue weighted by Gasteiger charge is -2.21. The average Bonchev–Trinajstić information content (AvgIpc) is 2.33. The summed E-state index contributed by atoms with van der Waals surface area (Å²) >= 11 is 11.5. The number of ether oxygens (including phenoxy) is 1. The molecular weight excluding hydrogens is 261 g/mol. The molecule has 1 amide bonds. The number of rotatable bonds is 6. The smallest absolute Gasteiger partial charge is 0.254 e. The van der Waals surface area contributed by atoms with Crippen LogP contribution in [0.2, 0.25) is 5.02 Å². The molecule has 0 bridgehead atoms. The number of methoxy groups -OCH3 is 1. The third-order valence-electron chi connectivity index (χ3n) is 2.28. The first-order valence-electron chi connectivity index (χ1n) is 5.28. The van der Waals surface area contributed by atoms with Gasteiger partial charge >= 0.3 is 0 Å². The SMILES string of the molecule is COCCN(CCCl)C(=O)c1cccc(Cl)c1. The molecule has 0 aliphatic heterocycles. The third kappa shape index (κ3) is 4.54. The summed E-state index contributed by atoms with van der Waals surface area (Å²) < 4.78 is 4.97. The maximum absolute atomic E-state index is 12.1. The van der Waals surface area contributed by atoms with Crippen LogP contribution in [0.25, 0.3) is 0 Å². The van der Waals surface area contributed by atoms with Crippen molar-refractivity contribution in [3.05, 3.63) is 34.9 Å². The quantitative estimate of drug-likeness (QED) is 0.747. The van der Waals surface area contributed by atoms with Gasteiger partial charge in [0.05, 0.1) is 6.61 Å². The van der Waals surface area contributed by atoms with E-state index in [1.165, 1.54) is 0 Å². The Morgan fingerprint density at radius 1 is 1.41 bits per heavy atom. The van der Waals surface area contributed by atoms with Crippen LogP contribution in [0.1, 0.15) is 10.4 Å². The van der Waals surface area contributed by atoms with E-state index in [-0.39, 0.29) is 5.91 Å². The second kappa shape index (κ2) is 7.54. The molecule has 0 aliphatic rings. The number of amides is 1. The highest BCUT2D eigenvalue weighted by Crippen LogP contribution is 2.12. The standard InChI is InChI=1S/C12H15Cl2NO2/c1-17-8-7-15(6-5-13)12(16)10-3-2-4-11(14)9-10/h2-4,9H,5-8H2,1H3. The number of carbonyl (C=O) groups is 1. The van der Waals surface area contributed by atoms with Gasteiger partial charge in [-0.2, -0.15) is 0 Å². The minimum Gasteiger partial charge on any atom is -0.383 e. The lowest BCUT2D eigenvalue weighted by atomic mass is 10.2. The van der Waals surface area contributed by atoms with Gasteiger partial charge in [0.2, 0.25) is 0 Å². The van der Waals surface area contributed by atoms with Crippen molar-refractivity contribution in [1.82, 2.24) is 4.90 Å². The highest BCUT2D eigenvalue weighted by Gasteiger charge is 2.14. The Morgan fingerprint density at radius 3 is 2.76 bits per heavy atom. The lowest BCUT2D eigenvalue weighted by molar-refractivity contribution is 0.0708. The highest BCUT2D eigenvalue weighted by molar-refractivity contribution is 6.30. The van der Waals surface area contributed by atoms with Crippen molar-refractivity contribution >= 4 is 29.1 Å². The second-order valence-corrected chi connectivity index (χ2v) is 4.30. The molecule has 3 nitrogen and oxygen atoms in total. The van der Waals surface area contributed by atoms with Crippen LogP contribution in [0.4, 0.5) is 0 Å². The van der Waals surface area contributed by atoms with E-state index in [4.69, 9.17) is 27.9 Å². The molecule has 0 aliphatic carbocycles. The van der Waals surface area contributed by atoms with Gasteiger partial charge in [-0.3, -0.25) is 4.79 Å².